The standard InChI is InChI=1S/C39H61FN10O8/c1-3-4-12-28(47-23(2)51)36(56)49-30-14-15-34(54)45-19-16-26(35(42)55)22-32(52)25(10-8-18-46-39(43)44)21-33(53)31(20-24-9-5-6-11-27(24)40)50-37(57)29(13-7-17-41)48-38(30)58/h5-6,9,11,25-26,28-31H,3-4,7-8,10,12-22,41H2,1-2H3,(H2,42,55)(H,45,54)(H,47,51)(H,48,58)(H,49,56)(H,50,57)(H4,43,44,46)/t25-,26-,28+,29+,30+,31-/m1/s1. The summed E-state index contributed by atoms with van der Waals surface area (Å²) in [5.74, 6) is -8.03. The van der Waals surface area contributed by atoms with Crippen LogP contribution in [-0.2, 0) is 44.8 Å². The predicted molar refractivity (Wildman–Crippen MR) is 214 cm³/mol. The maximum atomic E-state index is 15.0. The van der Waals surface area contributed by atoms with E-state index in [1.54, 1.807) is 6.07 Å². The van der Waals surface area contributed by atoms with Crippen molar-refractivity contribution in [3.63, 3.8) is 0 Å². The molecule has 1 saturated heterocycles. The molecule has 322 valence electrons. The zero-order valence-corrected chi connectivity index (χ0v) is 33.5. The summed E-state index contributed by atoms with van der Waals surface area (Å²) in [4.78, 5) is 111. The zero-order chi connectivity index (χ0) is 43.2. The molecule has 1 aliphatic rings. The summed E-state index contributed by atoms with van der Waals surface area (Å²) in [7, 11) is 0. The van der Waals surface area contributed by atoms with Crippen molar-refractivity contribution >= 4 is 53.0 Å². The fourth-order valence-corrected chi connectivity index (χ4v) is 6.54. The lowest BCUT2D eigenvalue weighted by Crippen LogP contribution is -2.58. The molecule has 1 aromatic carbocycles. The highest BCUT2D eigenvalue weighted by Gasteiger charge is 2.34. The summed E-state index contributed by atoms with van der Waals surface area (Å²) in [6.45, 7) is 3.35. The van der Waals surface area contributed by atoms with E-state index in [4.69, 9.17) is 22.9 Å². The number of carbonyl (C=O) groups is 8. The Morgan fingerprint density at radius 2 is 1.62 bits per heavy atom. The maximum Gasteiger partial charge on any atom is 0.243 e. The number of hydrogen-bond acceptors (Lipinski definition) is 10. The number of nitrogens with zero attached hydrogens (tertiary/aromatic N) is 1. The molecule has 13 N–H and O–H groups in total. The maximum absolute atomic E-state index is 15.0. The topological polar surface area (TPSA) is 313 Å². The van der Waals surface area contributed by atoms with Crippen LogP contribution < -0.4 is 49.5 Å². The molecular formula is C39H61FN10O8. The fraction of sp³-hybridized carbons (Fsp3) is 0.615. The highest BCUT2D eigenvalue weighted by atomic mass is 19.1. The van der Waals surface area contributed by atoms with Gasteiger partial charge in [0.15, 0.2) is 11.7 Å². The Balaban J connectivity index is 2.61. The lowest BCUT2D eigenvalue weighted by Gasteiger charge is -2.27. The van der Waals surface area contributed by atoms with Gasteiger partial charge in [-0.05, 0) is 63.1 Å². The van der Waals surface area contributed by atoms with Gasteiger partial charge in [-0.2, -0.15) is 0 Å². The van der Waals surface area contributed by atoms with Gasteiger partial charge in [0.05, 0.1) is 6.04 Å². The van der Waals surface area contributed by atoms with Gasteiger partial charge < -0.3 is 49.5 Å². The van der Waals surface area contributed by atoms with Crippen LogP contribution >= 0.6 is 0 Å². The molecule has 18 nitrogen and oxygen atoms in total. The molecule has 19 heteroatoms. The second kappa shape index (κ2) is 25.7. The third kappa shape index (κ3) is 17.8. The van der Waals surface area contributed by atoms with Crippen LogP contribution in [0, 0.1) is 17.7 Å². The van der Waals surface area contributed by atoms with Crippen molar-refractivity contribution < 1.29 is 42.7 Å². The number of nitrogens with one attached hydrogen (secondary N) is 5. The minimum atomic E-state index is -1.38. The molecule has 6 atom stereocenters. The number of primary amides is 1. The Kier molecular flexibility index (Phi) is 21.6. The van der Waals surface area contributed by atoms with Crippen LogP contribution in [0.15, 0.2) is 29.3 Å². The van der Waals surface area contributed by atoms with Crippen LogP contribution in [-0.4, -0.2) is 96.8 Å². The van der Waals surface area contributed by atoms with Gasteiger partial charge in [-0.3, -0.25) is 43.3 Å². The van der Waals surface area contributed by atoms with Crippen LogP contribution in [0.5, 0.6) is 0 Å². The number of benzene rings is 1. The number of ketones is 2. The second-order valence-electron chi connectivity index (χ2n) is 14.6. The fourth-order valence-electron chi connectivity index (χ4n) is 6.54. The molecule has 0 spiro atoms. The first-order chi connectivity index (χ1) is 27.6. The number of guanidine groups is 1. The molecule has 6 amide bonds. The number of halogens is 1. The van der Waals surface area contributed by atoms with Crippen molar-refractivity contribution in [3.05, 3.63) is 35.6 Å². The number of unbranched alkanes of at least 4 members (excludes halogenated alkanes) is 1. The molecular weight excluding hydrogens is 755 g/mol. The van der Waals surface area contributed by atoms with Crippen molar-refractivity contribution in [2.75, 3.05) is 19.6 Å². The molecule has 0 unspecified atom stereocenters. The van der Waals surface area contributed by atoms with Crippen LogP contribution in [0.3, 0.4) is 0 Å². The SMILES string of the molecule is CCCC[C@H](NC(C)=O)C(=O)N[C@H]1CCC(=O)NCC[C@@H](C(N)=O)CC(=O)[C@H](CCCN=C(N)N)CC(=O)[C@@H](Cc2ccccc2F)NC(=O)[C@H](CCCN)NC1=O. The Bertz CT molecular complexity index is 1620. The summed E-state index contributed by atoms with van der Waals surface area (Å²) < 4.78 is 15.0. The van der Waals surface area contributed by atoms with E-state index in [1.165, 1.54) is 25.1 Å². The summed E-state index contributed by atoms with van der Waals surface area (Å²) >= 11 is 0. The Labute approximate surface area is 338 Å². The average Bonchev–Trinajstić information content (AvgIpc) is 3.16. The van der Waals surface area contributed by atoms with E-state index < -0.39 is 95.3 Å². The monoisotopic (exact) mass is 816 g/mol. The third-order valence-corrected chi connectivity index (χ3v) is 9.82. The van der Waals surface area contributed by atoms with Crippen molar-refractivity contribution in [3.8, 4) is 0 Å². The molecule has 1 heterocycles. The lowest BCUT2D eigenvalue weighted by atomic mass is 9.84. The minimum Gasteiger partial charge on any atom is -0.370 e. The Morgan fingerprint density at radius 1 is 0.914 bits per heavy atom. The number of amides is 6. The van der Waals surface area contributed by atoms with Gasteiger partial charge in [0, 0.05) is 57.5 Å². The van der Waals surface area contributed by atoms with E-state index in [1.807, 2.05) is 6.92 Å². The van der Waals surface area contributed by atoms with Crippen molar-refractivity contribution in [1.29, 1.82) is 0 Å². The van der Waals surface area contributed by atoms with Gasteiger partial charge in [0.1, 0.15) is 29.7 Å². The molecule has 58 heavy (non-hydrogen) atoms. The summed E-state index contributed by atoms with van der Waals surface area (Å²) in [6, 6.07) is 0.640. The van der Waals surface area contributed by atoms with Crippen molar-refractivity contribution in [1.82, 2.24) is 26.6 Å². The predicted octanol–water partition coefficient (Wildman–Crippen LogP) is -0.754. The highest BCUT2D eigenvalue weighted by Crippen LogP contribution is 2.22. The molecule has 0 saturated carbocycles. The molecule has 0 bridgehead atoms. The highest BCUT2D eigenvalue weighted by molar-refractivity contribution is 5.97. The summed E-state index contributed by atoms with van der Waals surface area (Å²) in [6.07, 6.45) is 0.620. The third-order valence-electron chi connectivity index (χ3n) is 9.82. The van der Waals surface area contributed by atoms with Gasteiger partial charge in [-0.25, -0.2) is 4.39 Å². The van der Waals surface area contributed by atoms with Crippen molar-refractivity contribution in [2.24, 2.45) is 39.8 Å². The number of hydrogen-bond donors (Lipinski definition) is 9. The van der Waals surface area contributed by atoms with Crippen LogP contribution in [0.1, 0.15) is 96.5 Å². The molecule has 0 radical (unpaired) electrons. The molecule has 0 aliphatic carbocycles. The average molecular weight is 817 g/mol. The quantitative estimate of drug-likeness (QED) is 0.0568. The zero-order valence-electron chi connectivity index (χ0n) is 33.5. The first-order valence-corrected chi connectivity index (χ1v) is 19.8. The Morgan fingerprint density at radius 3 is 2.26 bits per heavy atom. The molecule has 1 aliphatic heterocycles. The van der Waals surface area contributed by atoms with Gasteiger partial charge in [-0.1, -0.05) is 38.0 Å². The van der Waals surface area contributed by atoms with E-state index in [9.17, 15) is 42.7 Å². The number of carbonyl (C=O) groups excluding carboxylic acids is 8. The van der Waals surface area contributed by atoms with Crippen molar-refractivity contribution in [2.45, 2.75) is 121 Å². The molecule has 1 aromatic rings. The largest absolute Gasteiger partial charge is 0.370 e. The minimum absolute atomic E-state index is 0.00125. The second-order valence-corrected chi connectivity index (χ2v) is 14.6. The normalized spacial score (nSPS) is 22.1. The van der Waals surface area contributed by atoms with Gasteiger partial charge >= 0.3 is 0 Å². The number of nitrogens with two attached hydrogens (primary N) is 4. The smallest absolute Gasteiger partial charge is 0.243 e. The number of Topliss-reactive ketones (excluding diaryl/α,β-unsaturated/α-hetero) is 2. The van der Waals surface area contributed by atoms with E-state index in [0.717, 1.165) is 6.42 Å². The molecule has 0 aromatic heterocycles. The van der Waals surface area contributed by atoms with Crippen LogP contribution in [0.4, 0.5) is 4.39 Å². The van der Waals surface area contributed by atoms with E-state index in [2.05, 4.69) is 31.6 Å². The molecule has 2 rings (SSSR count). The van der Waals surface area contributed by atoms with E-state index in [0.29, 0.717) is 6.42 Å². The summed E-state index contributed by atoms with van der Waals surface area (Å²) in [5, 5.41) is 13.1. The summed E-state index contributed by atoms with van der Waals surface area (Å²) in [5.41, 5.74) is 22.4. The van der Waals surface area contributed by atoms with Crippen LogP contribution in [0.25, 0.3) is 0 Å². The number of aliphatic imine (C=N–C) groups is 1. The lowest BCUT2D eigenvalue weighted by molar-refractivity contribution is -0.135. The van der Waals surface area contributed by atoms with Gasteiger partial charge in [-0.15, -0.1) is 0 Å². The first kappa shape index (κ1) is 48.7. The van der Waals surface area contributed by atoms with Gasteiger partial charge in [0.25, 0.3) is 0 Å². The van der Waals surface area contributed by atoms with Crippen LogP contribution in [0.2, 0.25) is 0 Å². The molecule has 1 fully saturated rings. The first-order valence-electron chi connectivity index (χ1n) is 19.8. The van der Waals surface area contributed by atoms with E-state index >= 15 is 0 Å². The Hall–Kier alpha value is -5.46. The van der Waals surface area contributed by atoms with E-state index in [-0.39, 0.29) is 95.4 Å². The number of rotatable bonds is 16. The van der Waals surface area contributed by atoms with Gasteiger partial charge in [0.2, 0.25) is 35.4 Å².